The highest BCUT2D eigenvalue weighted by Crippen LogP contribution is 2.23. The molecule has 0 atom stereocenters. The van der Waals surface area contributed by atoms with E-state index in [-0.39, 0.29) is 17.6 Å². The van der Waals surface area contributed by atoms with Gasteiger partial charge in [0.15, 0.2) is 5.89 Å². The Morgan fingerprint density at radius 2 is 1.87 bits per heavy atom. The summed E-state index contributed by atoms with van der Waals surface area (Å²) in [5.74, 6) is 1.10. The number of aryl methyl sites for hydroxylation is 3. The SMILES string of the molecule is Cc1cc(CCNC(=O)c2oc(C(C)C)nc2C)cc(C)c1O. The Morgan fingerprint density at radius 1 is 1.26 bits per heavy atom. The standard InChI is InChI=1S/C18H24N2O3/c1-10(2)18-20-13(5)16(23-18)17(22)19-7-6-14-8-11(3)15(21)12(4)9-14/h8-10,21H,6-7H2,1-5H3,(H,19,22). The van der Waals surface area contributed by atoms with Crippen LogP contribution < -0.4 is 5.32 Å². The summed E-state index contributed by atoms with van der Waals surface area (Å²) in [6, 6.07) is 3.87. The third-order valence-corrected chi connectivity index (χ3v) is 3.76. The number of oxazole rings is 1. The summed E-state index contributed by atoms with van der Waals surface area (Å²) < 4.78 is 5.54. The second-order valence-corrected chi connectivity index (χ2v) is 6.21. The lowest BCUT2D eigenvalue weighted by Crippen LogP contribution is -2.26. The van der Waals surface area contributed by atoms with Crippen LogP contribution in [0.25, 0.3) is 0 Å². The van der Waals surface area contributed by atoms with Crippen LogP contribution in [0.3, 0.4) is 0 Å². The smallest absolute Gasteiger partial charge is 0.289 e. The first-order valence-corrected chi connectivity index (χ1v) is 7.84. The Hall–Kier alpha value is -2.30. The van der Waals surface area contributed by atoms with Crippen molar-refractivity contribution in [3.8, 4) is 5.75 Å². The van der Waals surface area contributed by atoms with Gasteiger partial charge in [0.05, 0.1) is 5.69 Å². The Balaban J connectivity index is 1.97. The number of aromatic nitrogens is 1. The van der Waals surface area contributed by atoms with Gasteiger partial charge >= 0.3 is 0 Å². The average molecular weight is 316 g/mol. The molecule has 0 bridgehead atoms. The molecule has 1 heterocycles. The monoisotopic (exact) mass is 316 g/mol. The zero-order valence-electron chi connectivity index (χ0n) is 14.4. The van der Waals surface area contributed by atoms with E-state index in [0.717, 1.165) is 16.7 Å². The zero-order chi connectivity index (χ0) is 17.1. The Labute approximate surface area is 136 Å². The number of carbonyl (C=O) groups excluding carboxylic acids is 1. The van der Waals surface area contributed by atoms with Crippen LogP contribution in [-0.4, -0.2) is 22.5 Å². The van der Waals surface area contributed by atoms with E-state index in [4.69, 9.17) is 4.42 Å². The molecule has 1 amide bonds. The number of aromatic hydroxyl groups is 1. The third-order valence-electron chi connectivity index (χ3n) is 3.76. The van der Waals surface area contributed by atoms with E-state index >= 15 is 0 Å². The number of phenolic OH excluding ortho intramolecular Hbond substituents is 1. The molecule has 5 nitrogen and oxygen atoms in total. The van der Waals surface area contributed by atoms with E-state index in [2.05, 4.69) is 10.3 Å². The molecular weight excluding hydrogens is 292 g/mol. The highest BCUT2D eigenvalue weighted by Gasteiger charge is 2.18. The van der Waals surface area contributed by atoms with Crippen molar-refractivity contribution in [3.05, 3.63) is 46.2 Å². The van der Waals surface area contributed by atoms with E-state index in [1.165, 1.54) is 0 Å². The first kappa shape index (κ1) is 17.1. The molecule has 0 unspecified atom stereocenters. The largest absolute Gasteiger partial charge is 0.507 e. The Kier molecular flexibility index (Phi) is 5.08. The molecule has 2 N–H and O–H groups in total. The molecule has 124 valence electrons. The van der Waals surface area contributed by atoms with Gasteiger partial charge in [0, 0.05) is 12.5 Å². The number of benzene rings is 1. The molecule has 0 saturated heterocycles. The van der Waals surface area contributed by atoms with Crippen molar-refractivity contribution in [2.45, 2.75) is 47.0 Å². The highest BCUT2D eigenvalue weighted by molar-refractivity contribution is 5.92. The molecule has 5 heteroatoms. The van der Waals surface area contributed by atoms with Gasteiger partial charge in [0.1, 0.15) is 5.75 Å². The van der Waals surface area contributed by atoms with Crippen molar-refractivity contribution in [1.29, 1.82) is 0 Å². The summed E-state index contributed by atoms with van der Waals surface area (Å²) in [6.07, 6.45) is 0.692. The van der Waals surface area contributed by atoms with E-state index in [0.29, 0.717) is 30.3 Å². The lowest BCUT2D eigenvalue weighted by atomic mass is 10.0. The van der Waals surface area contributed by atoms with Gasteiger partial charge in [-0.15, -0.1) is 0 Å². The average Bonchev–Trinajstić information content (AvgIpc) is 2.87. The Bertz CT molecular complexity index is 694. The van der Waals surface area contributed by atoms with E-state index in [9.17, 15) is 9.90 Å². The molecule has 1 aromatic carbocycles. The number of hydrogen-bond acceptors (Lipinski definition) is 4. The van der Waals surface area contributed by atoms with Crippen LogP contribution in [0.2, 0.25) is 0 Å². The predicted molar refractivity (Wildman–Crippen MR) is 88.9 cm³/mol. The number of phenols is 1. The van der Waals surface area contributed by atoms with Crippen molar-refractivity contribution in [2.24, 2.45) is 0 Å². The van der Waals surface area contributed by atoms with Gasteiger partial charge in [-0.2, -0.15) is 0 Å². The summed E-state index contributed by atoms with van der Waals surface area (Å²) in [5.41, 5.74) is 3.38. The van der Waals surface area contributed by atoms with Crippen LogP contribution in [-0.2, 0) is 6.42 Å². The summed E-state index contributed by atoms with van der Waals surface area (Å²) in [6.45, 7) is 9.97. The number of rotatable bonds is 5. The molecule has 0 spiro atoms. The van der Waals surface area contributed by atoms with Crippen LogP contribution in [0.1, 0.15) is 58.6 Å². The van der Waals surface area contributed by atoms with Gasteiger partial charge in [0.25, 0.3) is 5.91 Å². The molecule has 0 radical (unpaired) electrons. The summed E-state index contributed by atoms with van der Waals surface area (Å²) in [4.78, 5) is 16.5. The number of hydrogen-bond donors (Lipinski definition) is 2. The van der Waals surface area contributed by atoms with Gasteiger partial charge in [-0.05, 0) is 43.9 Å². The predicted octanol–water partition coefficient (Wildman–Crippen LogP) is 3.40. The molecule has 2 rings (SSSR count). The van der Waals surface area contributed by atoms with Crippen molar-refractivity contribution in [3.63, 3.8) is 0 Å². The fourth-order valence-electron chi connectivity index (χ4n) is 2.47. The molecule has 1 aromatic heterocycles. The van der Waals surface area contributed by atoms with Crippen LogP contribution in [0.15, 0.2) is 16.5 Å². The fraction of sp³-hybridized carbons (Fsp3) is 0.444. The molecule has 0 fully saturated rings. The van der Waals surface area contributed by atoms with E-state index < -0.39 is 0 Å². The number of carbonyl (C=O) groups is 1. The maximum atomic E-state index is 12.2. The van der Waals surface area contributed by atoms with Crippen molar-refractivity contribution >= 4 is 5.91 Å². The van der Waals surface area contributed by atoms with E-state index in [1.54, 1.807) is 6.92 Å². The molecule has 0 aliphatic carbocycles. The summed E-state index contributed by atoms with van der Waals surface area (Å²) in [7, 11) is 0. The molecular formula is C18H24N2O3. The van der Waals surface area contributed by atoms with Gasteiger partial charge < -0.3 is 14.8 Å². The quantitative estimate of drug-likeness (QED) is 0.886. The number of amides is 1. The number of nitrogens with zero attached hydrogens (tertiary/aromatic N) is 1. The van der Waals surface area contributed by atoms with Crippen molar-refractivity contribution in [1.82, 2.24) is 10.3 Å². The normalized spacial score (nSPS) is 11.0. The van der Waals surface area contributed by atoms with Crippen LogP contribution in [0.4, 0.5) is 0 Å². The second-order valence-electron chi connectivity index (χ2n) is 6.21. The maximum Gasteiger partial charge on any atom is 0.289 e. The van der Waals surface area contributed by atoms with E-state index in [1.807, 2.05) is 39.8 Å². The summed E-state index contributed by atoms with van der Waals surface area (Å²) in [5, 5.41) is 12.6. The molecule has 0 aliphatic rings. The molecule has 2 aromatic rings. The second kappa shape index (κ2) is 6.86. The maximum absolute atomic E-state index is 12.2. The van der Waals surface area contributed by atoms with Crippen LogP contribution in [0, 0.1) is 20.8 Å². The molecule has 0 saturated carbocycles. The molecule has 23 heavy (non-hydrogen) atoms. The summed E-state index contributed by atoms with van der Waals surface area (Å²) >= 11 is 0. The minimum absolute atomic E-state index is 0.151. The zero-order valence-corrected chi connectivity index (χ0v) is 14.4. The van der Waals surface area contributed by atoms with Gasteiger partial charge in [0.2, 0.25) is 5.76 Å². The number of nitrogens with one attached hydrogen (secondary N) is 1. The fourth-order valence-corrected chi connectivity index (χ4v) is 2.47. The molecule has 0 aliphatic heterocycles. The first-order valence-electron chi connectivity index (χ1n) is 7.84. The third kappa shape index (κ3) is 3.92. The van der Waals surface area contributed by atoms with Crippen molar-refractivity contribution in [2.75, 3.05) is 6.54 Å². The van der Waals surface area contributed by atoms with Crippen LogP contribution >= 0.6 is 0 Å². The van der Waals surface area contributed by atoms with Crippen LogP contribution in [0.5, 0.6) is 5.75 Å². The minimum Gasteiger partial charge on any atom is -0.507 e. The van der Waals surface area contributed by atoms with Gasteiger partial charge in [-0.3, -0.25) is 4.79 Å². The highest BCUT2D eigenvalue weighted by atomic mass is 16.4. The minimum atomic E-state index is -0.242. The van der Waals surface area contributed by atoms with Gasteiger partial charge in [-0.25, -0.2) is 4.98 Å². The lowest BCUT2D eigenvalue weighted by Gasteiger charge is -2.08. The van der Waals surface area contributed by atoms with Gasteiger partial charge in [-0.1, -0.05) is 26.0 Å². The van der Waals surface area contributed by atoms with Crippen molar-refractivity contribution < 1.29 is 14.3 Å². The topological polar surface area (TPSA) is 75.4 Å². The Morgan fingerprint density at radius 3 is 2.39 bits per heavy atom. The first-order chi connectivity index (χ1) is 10.8. The lowest BCUT2D eigenvalue weighted by molar-refractivity contribution is 0.0923.